The van der Waals surface area contributed by atoms with Crippen molar-refractivity contribution in [2.45, 2.75) is 32.1 Å². The van der Waals surface area contributed by atoms with Gasteiger partial charge in [-0.25, -0.2) is 13.1 Å². The lowest BCUT2D eigenvalue weighted by Crippen LogP contribution is -2.32. The van der Waals surface area contributed by atoms with E-state index in [9.17, 15) is 18.0 Å². The number of rotatable bonds is 8. The van der Waals surface area contributed by atoms with Crippen LogP contribution in [-0.2, 0) is 23.5 Å². The Morgan fingerprint density at radius 1 is 0.974 bits per heavy atom. The summed E-state index contributed by atoms with van der Waals surface area (Å²) in [6.07, 6.45) is 0.651. The molecular formula is C29H31BrN4O4S. The predicted molar refractivity (Wildman–Crippen MR) is 157 cm³/mol. The molecule has 4 aromatic rings. The van der Waals surface area contributed by atoms with E-state index in [2.05, 4.69) is 21.2 Å². The zero-order chi connectivity index (χ0) is 28.5. The fraction of sp³-hybridized carbons (Fsp3) is 0.241. The van der Waals surface area contributed by atoms with Gasteiger partial charge in [-0.2, -0.15) is 0 Å². The van der Waals surface area contributed by atoms with Gasteiger partial charge in [0.2, 0.25) is 0 Å². The van der Waals surface area contributed by atoms with Crippen LogP contribution in [0.25, 0.3) is 5.69 Å². The van der Waals surface area contributed by atoms with Gasteiger partial charge in [-0.1, -0.05) is 40.2 Å². The van der Waals surface area contributed by atoms with Crippen molar-refractivity contribution in [1.29, 1.82) is 0 Å². The first-order valence-electron chi connectivity index (χ1n) is 12.4. The molecule has 204 valence electrons. The molecule has 0 aliphatic rings. The van der Waals surface area contributed by atoms with E-state index in [1.165, 1.54) is 29.9 Å². The molecule has 1 aromatic heterocycles. The number of nitrogens with zero attached hydrogens (tertiary/aromatic N) is 3. The van der Waals surface area contributed by atoms with Gasteiger partial charge in [-0.15, -0.1) is 0 Å². The van der Waals surface area contributed by atoms with Crippen molar-refractivity contribution in [3.05, 3.63) is 110 Å². The third kappa shape index (κ3) is 5.58. The fourth-order valence-corrected chi connectivity index (χ4v) is 6.71. The molecule has 0 atom stereocenters. The van der Waals surface area contributed by atoms with Gasteiger partial charge in [0, 0.05) is 30.7 Å². The Hall–Kier alpha value is -3.63. The molecule has 0 fully saturated rings. The standard InChI is InChI=1S/C29H31BrN4O4S/c1-19-16-23(30)17-20(2)26(19)14-15-31-28(35)22-10-9-13-25(18-22)39(37,38)33(5)27-21(3)32(4)34(29(27)36)24-11-7-6-8-12-24/h6-13,16-18H,14-15H2,1-5H3,(H,31,35). The van der Waals surface area contributed by atoms with Gasteiger partial charge in [-0.05, 0) is 86.3 Å². The van der Waals surface area contributed by atoms with Crippen LogP contribution in [0.2, 0.25) is 0 Å². The number of aryl methyl sites for hydroxylation is 2. The van der Waals surface area contributed by atoms with Crippen LogP contribution >= 0.6 is 15.9 Å². The summed E-state index contributed by atoms with van der Waals surface area (Å²) in [4.78, 5) is 26.2. The van der Waals surface area contributed by atoms with Crippen molar-refractivity contribution >= 4 is 37.5 Å². The fourth-order valence-electron chi connectivity index (χ4n) is 4.73. The number of carbonyl (C=O) groups excluding carboxylic acids is 1. The molecular weight excluding hydrogens is 580 g/mol. The molecule has 1 N–H and O–H groups in total. The second kappa shape index (κ2) is 11.2. The molecule has 0 unspecified atom stereocenters. The summed E-state index contributed by atoms with van der Waals surface area (Å²) < 4.78 is 32.3. The second-order valence-corrected chi connectivity index (χ2v) is 12.3. The lowest BCUT2D eigenvalue weighted by atomic mass is 10.00. The zero-order valence-corrected chi connectivity index (χ0v) is 24.9. The number of carbonyl (C=O) groups is 1. The van der Waals surface area contributed by atoms with Crippen LogP contribution in [0.4, 0.5) is 5.69 Å². The van der Waals surface area contributed by atoms with Crippen molar-refractivity contribution in [3.8, 4) is 5.69 Å². The van der Waals surface area contributed by atoms with Crippen molar-refractivity contribution in [1.82, 2.24) is 14.7 Å². The lowest BCUT2D eigenvalue weighted by molar-refractivity contribution is 0.0954. The third-order valence-corrected chi connectivity index (χ3v) is 9.13. The highest BCUT2D eigenvalue weighted by Crippen LogP contribution is 2.25. The first-order valence-corrected chi connectivity index (χ1v) is 14.6. The lowest BCUT2D eigenvalue weighted by Gasteiger charge is -2.18. The van der Waals surface area contributed by atoms with Crippen LogP contribution in [-0.4, -0.2) is 37.3 Å². The van der Waals surface area contributed by atoms with Gasteiger partial charge < -0.3 is 5.32 Å². The number of halogens is 1. The maximum Gasteiger partial charge on any atom is 0.296 e. The summed E-state index contributed by atoms with van der Waals surface area (Å²) in [6.45, 7) is 6.16. The molecule has 0 aliphatic carbocycles. The molecule has 4 rings (SSSR count). The third-order valence-electron chi connectivity index (χ3n) is 6.91. The topological polar surface area (TPSA) is 93.4 Å². The maximum atomic E-state index is 13.6. The summed E-state index contributed by atoms with van der Waals surface area (Å²) in [6, 6.07) is 18.9. The van der Waals surface area contributed by atoms with Crippen LogP contribution in [0.1, 0.15) is 32.7 Å². The number of hydrogen-bond acceptors (Lipinski definition) is 4. The minimum atomic E-state index is -4.14. The van der Waals surface area contributed by atoms with E-state index < -0.39 is 15.6 Å². The Morgan fingerprint density at radius 3 is 2.26 bits per heavy atom. The zero-order valence-electron chi connectivity index (χ0n) is 22.5. The van der Waals surface area contributed by atoms with E-state index in [0.717, 1.165) is 25.5 Å². The number of amides is 1. The van der Waals surface area contributed by atoms with E-state index in [0.29, 0.717) is 24.3 Å². The molecule has 10 heteroatoms. The van der Waals surface area contributed by atoms with E-state index >= 15 is 0 Å². The minimum absolute atomic E-state index is 0.0384. The van der Waals surface area contributed by atoms with Crippen molar-refractivity contribution < 1.29 is 13.2 Å². The Labute approximate surface area is 237 Å². The smallest absolute Gasteiger partial charge is 0.296 e. The first kappa shape index (κ1) is 28.4. The summed E-state index contributed by atoms with van der Waals surface area (Å²) >= 11 is 3.50. The Bertz CT molecular complexity index is 1690. The average molecular weight is 612 g/mol. The van der Waals surface area contributed by atoms with Gasteiger partial charge in [0.05, 0.1) is 16.3 Å². The van der Waals surface area contributed by atoms with Gasteiger partial charge in [0.15, 0.2) is 0 Å². The van der Waals surface area contributed by atoms with Crippen LogP contribution in [0.15, 0.2) is 80.9 Å². The molecule has 1 heterocycles. The van der Waals surface area contributed by atoms with Gasteiger partial charge >= 0.3 is 0 Å². The highest BCUT2D eigenvalue weighted by Gasteiger charge is 2.29. The molecule has 8 nitrogen and oxygen atoms in total. The molecule has 1 amide bonds. The Balaban J connectivity index is 1.57. The molecule has 39 heavy (non-hydrogen) atoms. The van der Waals surface area contributed by atoms with Crippen molar-refractivity contribution in [3.63, 3.8) is 0 Å². The van der Waals surface area contributed by atoms with Crippen LogP contribution in [0.3, 0.4) is 0 Å². The summed E-state index contributed by atoms with van der Waals surface area (Å²) in [5, 5.41) is 2.89. The highest BCUT2D eigenvalue weighted by atomic mass is 79.9. The molecule has 0 aliphatic heterocycles. The van der Waals surface area contributed by atoms with Gasteiger partial charge in [-0.3, -0.25) is 18.6 Å². The summed E-state index contributed by atoms with van der Waals surface area (Å²) in [5.41, 5.74) is 4.34. The number of aromatic nitrogens is 2. The molecule has 0 saturated carbocycles. The first-order chi connectivity index (χ1) is 18.4. The van der Waals surface area contributed by atoms with Gasteiger partial charge in [0.25, 0.3) is 21.5 Å². The number of anilines is 1. The summed E-state index contributed by atoms with van der Waals surface area (Å²) in [7, 11) is -1.08. The van der Waals surface area contributed by atoms with Crippen LogP contribution < -0.4 is 15.2 Å². The van der Waals surface area contributed by atoms with E-state index in [-0.39, 0.29) is 22.1 Å². The number of para-hydroxylation sites is 1. The molecule has 0 spiro atoms. The molecule has 3 aromatic carbocycles. The SMILES string of the molecule is Cc1cc(Br)cc(C)c1CCNC(=O)c1cccc(S(=O)(=O)N(C)c2c(C)n(C)n(-c3ccccc3)c2=O)c1. The normalized spacial score (nSPS) is 11.4. The van der Waals surface area contributed by atoms with Crippen LogP contribution in [0, 0.1) is 20.8 Å². The largest absolute Gasteiger partial charge is 0.352 e. The maximum absolute atomic E-state index is 13.6. The van der Waals surface area contributed by atoms with Gasteiger partial charge in [0.1, 0.15) is 5.69 Å². The number of hydrogen-bond donors (Lipinski definition) is 1. The monoisotopic (exact) mass is 610 g/mol. The van der Waals surface area contributed by atoms with Crippen molar-refractivity contribution in [2.24, 2.45) is 7.05 Å². The molecule has 0 radical (unpaired) electrons. The minimum Gasteiger partial charge on any atom is -0.352 e. The molecule has 0 bridgehead atoms. The quantitative estimate of drug-likeness (QED) is 0.314. The molecule has 0 saturated heterocycles. The number of sulfonamides is 1. The van der Waals surface area contributed by atoms with Crippen molar-refractivity contribution in [2.75, 3.05) is 17.9 Å². The Kier molecular flexibility index (Phi) is 8.17. The van der Waals surface area contributed by atoms with E-state index in [1.54, 1.807) is 36.9 Å². The number of nitrogens with one attached hydrogen (secondary N) is 1. The average Bonchev–Trinajstić information content (AvgIpc) is 3.12. The van der Waals surface area contributed by atoms with E-state index in [1.807, 2.05) is 44.2 Å². The predicted octanol–water partition coefficient (Wildman–Crippen LogP) is 4.66. The Morgan fingerprint density at radius 2 is 1.62 bits per heavy atom. The van der Waals surface area contributed by atoms with Crippen LogP contribution in [0.5, 0.6) is 0 Å². The van der Waals surface area contributed by atoms with E-state index in [4.69, 9.17) is 0 Å². The highest BCUT2D eigenvalue weighted by molar-refractivity contribution is 9.10. The summed E-state index contributed by atoms with van der Waals surface area (Å²) in [5.74, 6) is -0.371. The number of benzene rings is 3. The second-order valence-electron chi connectivity index (χ2n) is 9.43.